The maximum absolute atomic E-state index is 12.4. The molecule has 1 saturated heterocycles. The van der Waals surface area contributed by atoms with Crippen LogP contribution in [0.3, 0.4) is 0 Å². The molecule has 0 radical (unpaired) electrons. The largest absolute Gasteiger partial charge is 0.459 e. The lowest BCUT2D eigenvalue weighted by Crippen LogP contribution is -2.49. The Morgan fingerprint density at radius 1 is 1.07 bits per heavy atom. The van der Waals surface area contributed by atoms with Gasteiger partial charge in [0, 0.05) is 44.5 Å². The van der Waals surface area contributed by atoms with Gasteiger partial charge in [0.2, 0.25) is 5.95 Å². The number of rotatable bonds is 5. The van der Waals surface area contributed by atoms with Crippen molar-refractivity contribution in [1.29, 1.82) is 0 Å². The lowest BCUT2D eigenvalue weighted by atomic mass is 10.1. The van der Waals surface area contributed by atoms with E-state index in [1.807, 2.05) is 17.9 Å². The Morgan fingerprint density at radius 2 is 1.83 bits per heavy atom. The Balaban J connectivity index is 1.39. The molecule has 1 aromatic carbocycles. The number of anilines is 2. The Kier molecular flexibility index (Phi) is 5.46. The van der Waals surface area contributed by atoms with Crippen LogP contribution in [0.25, 0.3) is 0 Å². The fourth-order valence-electron chi connectivity index (χ4n) is 3.35. The van der Waals surface area contributed by atoms with Crippen LogP contribution in [0.5, 0.6) is 0 Å². The van der Waals surface area contributed by atoms with E-state index in [4.69, 9.17) is 9.40 Å². The molecule has 3 heterocycles. The van der Waals surface area contributed by atoms with Crippen molar-refractivity contribution in [2.45, 2.75) is 20.4 Å². The number of hydrogen-bond acceptors (Lipinski definition) is 6. The first-order valence-corrected chi connectivity index (χ1v) is 9.81. The van der Waals surface area contributed by atoms with E-state index in [1.165, 1.54) is 17.4 Å². The summed E-state index contributed by atoms with van der Waals surface area (Å²) in [7, 11) is 0. The highest BCUT2D eigenvalue weighted by Gasteiger charge is 2.25. The lowest BCUT2D eigenvalue weighted by Gasteiger charge is -2.34. The molecule has 0 aliphatic carbocycles. The number of nitrogens with zero attached hydrogens (tertiary/aromatic N) is 4. The van der Waals surface area contributed by atoms with Crippen LogP contribution < -0.4 is 10.2 Å². The van der Waals surface area contributed by atoms with Crippen molar-refractivity contribution in [2.24, 2.45) is 0 Å². The predicted octanol–water partition coefficient (Wildman–Crippen LogP) is 3.26. The minimum atomic E-state index is -0.0692. The SMILES string of the molecule is Cc1ccc(CNc2cc(C)nc(N3CCN(C(=O)c4ccco4)CC3)n2)cc1. The van der Waals surface area contributed by atoms with Gasteiger partial charge in [-0.05, 0) is 31.5 Å². The number of amides is 1. The quantitative estimate of drug-likeness (QED) is 0.720. The van der Waals surface area contributed by atoms with Gasteiger partial charge in [0.25, 0.3) is 5.91 Å². The van der Waals surface area contributed by atoms with Gasteiger partial charge >= 0.3 is 0 Å². The van der Waals surface area contributed by atoms with Gasteiger partial charge in [-0.25, -0.2) is 4.98 Å². The molecule has 7 nitrogen and oxygen atoms in total. The van der Waals surface area contributed by atoms with E-state index < -0.39 is 0 Å². The molecule has 4 rings (SSSR count). The number of aromatic nitrogens is 2. The second-order valence-corrected chi connectivity index (χ2v) is 7.29. The molecule has 0 spiro atoms. The van der Waals surface area contributed by atoms with Gasteiger partial charge in [0.15, 0.2) is 5.76 Å². The number of nitrogens with one attached hydrogen (secondary N) is 1. The molecule has 3 aromatic rings. The van der Waals surface area contributed by atoms with E-state index in [-0.39, 0.29) is 5.91 Å². The number of hydrogen-bond donors (Lipinski definition) is 1. The van der Waals surface area contributed by atoms with Crippen LogP contribution in [-0.4, -0.2) is 47.0 Å². The van der Waals surface area contributed by atoms with Crippen molar-refractivity contribution in [1.82, 2.24) is 14.9 Å². The Hall–Kier alpha value is -3.35. The van der Waals surface area contributed by atoms with Gasteiger partial charge in [0.1, 0.15) is 5.82 Å². The summed E-state index contributed by atoms with van der Waals surface area (Å²) in [6, 6.07) is 13.8. The van der Waals surface area contributed by atoms with E-state index in [9.17, 15) is 4.79 Å². The maximum Gasteiger partial charge on any atom is 0.289 e. The summed E-state index contributed by atoms with van der Waals surface area (Å²) in [5.41, 5.74) is 3.37. The summed E-state index contributed by atoms with van der Waals surface area (Å²) in [4.78, 5) is 25.6. The topological polar surface area (TPSA) is 74.5 Å². The molecule has 0 unspecified atom stereocenters. The van der Waals surface area contributed by atoms with Crippen LogP contribution in [0.1, 0.15) is 27.4 Å². The van der Waals surface area contributed by atoms with Crippen LogP contribution in [-0.2, 0) is 6.54 Å². The molecule has 1 fully saturated rings. The van der Waals surface area contributed by atoms with Crippen LogP contribution in [0.2, 0.25) is 0 Å². The van der Waals surface area contributed by atoms with Gasteiger partial charge in [-0.3, -0.25) is 4.79 Å². The molecular weight excluding hydrogens is 366 g/mol. The lowest BCUT2D eigenvalue weighted by molar-refractivity contribution is 0.0714. The monoisotopic (exact) mass is 391 g/mol. The van der Waals surface area contributed by atoms with Gasteiger partial charge in [-0.15, -0.1) is 0 Å². The Morgan fingerprint density at radius 3 is 2.52 bits per heavy atom. The van der Waals surface area contributed by atoms with Crippen LogP contribution in [0.4, 0.5) is 11.8 Å². The molecule has 1 amide bonds. The summed E-state index contributed by atoms with van der Waals surface area (Å²) in [6.45, 7) is 7.37. The molecule has 7 heteroatoms. The van der Waals surface area contributed by atoms with Crippen LogP contribution in [0, 0.1) is 13.8 Å². The first-order chi connectivity index (χ1) is 14.1. The smallest absolute Gasteiger partial charge is 0.289 e. The third kappa shape index (κ3) is 4.56. The normalized spacial score (nSPS) is 14.1. The average Bonchev–Trinajstić information content (AvgIpc) is 3.27. The molecule has 2 aromatic heterocycles. The third-order valence-corrected chi connectivity index (χ3v) is 5.02. The number of furan rings is 1. The molecule has 1 aliphatic heterocycles. The van der Waals surface area contributed by atoms with Crippen molar-refractivity contribution in [3.05, 3.63) is 71.3 Å². The van der Waals surface area contributed by atoms with Crippen molar-refractivity contribution in [2.75, 3.05) is 36.4 Å². The Labute approximate surface area is 170 Å². The van der Waals surface area contributed by atoms with Crippen molar-refractivity contribution in [3.8, 4) is 0 Å². The van der Waals surface area contributed by atoms with Gasteiger partial charge < -0.3 is 19.5 Å². The van der Waals surface area contributed by atoms with E-state index in [0.717, 1.165) is 11.5 Å². The van der Waals surface area contributed by atoms with Crippen molar-refractivity contribution in [3.63, 3.8) is 0 Å². The molecule has 1 aliphatic rings. The van der Waals surface area contributed by atoms with E-state index in [1.54, 1.807) is 12.1 Å². The molecule has 1 N–H and O–H groups in total. The second kappa shape index (κ2) is 8.34. The summed E-state index contributed by atoms with van der Waals surface area (Å²) in [5, 5.41) is 3.39. The van der Waals surface area contributed by atoms with Crippen molar-refractivity contribution >= 4 is 17.7 Å². The zero-order valence-corrected chi connectivity index (χ0v) is 16.8. The highest BCUT2D eigenvalue weighted by molar-refractivity contribution is 5.91. The van der Waals surface area contributed by atoms with E-state index in [2.05, 4.69) is 46.4 Å². The number of piperazine rings is 1. The minimum absolute atomic E-state index is 0.0692. The number of carbonyl (C=O) groups is 1. The molecule has 29 heavy (non-hydrogen) atoms. The zero-order valence-electron chi connectivity index (χ0n) is 16.8. The molecule has 0 bridgehead atoms. The third-order valence-electron chi connectivity index (χ3n) is 5.02. The fourth-order valence-corrected chi connectivity index (χ4v) is 3.35. The van der Waals surface area contributed by atoms with Crippen LogP contribution in [0.15, 0.2) is 53.1 Å². The van der Waals surface area contributed by atoms with E-state index in [0.29, 0.717) is 44.4 Å². The number of aryl methyl sites for hydroxylation is 2. The summed E-state index contributed by atoms with van der Waals surface area (Å²) < 4.78 is 5.22. The predicted molar refractivity (Wildman–Crippen MR) is 112 cm³/mol. The summed E-state index contributed by atoms with van der Waals surface area (Å²) >= 11 is 0. The molecule has 0 atom stereocenters. The number of benzene rings is 1. The van der Waals surface area contributed by atoms with Gasteiger partial charge in [-0.2, -0.15) is 4.98 Å². The molecule has 0 saturated carbocycles. The molecule has 150 valence electrons. The minimum Gasteiger partial charge on any atom is -0.459 e. The first-order valence-electron chi connectivity index (χ1n) is 9.81. The van der Waals surface area contributed by atoms with Gasteiger partial charge in [-0.1, -0.05) is 29.8 Å². The van der Waals surface area contributed by atoms with E-state index >= 15 is 0 Å². The summed E-state index contributed by atoms with van der Waals surface area (Å²) in [6.07, 6.45) is 1.52. The average molecular weight is 391 g/mol. The first kappa shape index (κ1) is 19.0. The standard InChI is InChI=1S/C22H25N5O2/c1-16-5-7-18(8-6-16)15-23-20-14-17(2)24-22(25-20)27-11-9-26(10-12-27)21(28)19-4-3-13-29-19/h3-8,13-14H,9-12,15H2,1-2H3,(H,23,24,25). The maximum atomic E-state index is 12.4. The second-order valence-electron chi connectivity index (χ2n) is 7.29. The number of carbonyl (C=O) groups excluding carboxylic acids is 1. The highest BCUT2D eigenvalue weighted by atomic mass is 16.3. The summed E-state index contributed by atoms with van der Waals surface area (Å²) in [5.74, 6) is 1.82. The highest BCUT2D eigenvalue weighted by Crippen LogP contribution is 2.18. The van der Waals surface area contributed by atoms with Crippen LogP contribution >= 0.6 is 0 Å². The zero-order chi connectivity index (χ0) is 20.2. The molecular formula is C22H25N5O2. The fraction of sp³-hybridized carbons (Fsp3) is 0.318. The van der Waals surface area contributed by atoms with Gasteiger partial charge in [0.05, 0.1) is 6.26 Å². The Bertz CT molecular complexity index is 961. The van der Waals surface area contributed by atoms with Crippen molar-refractivity contribution < 1.29 is 9.21 Å².